The third-order valence-corrected chi connectivity index (χ3v) is 2.35. The van der Waals surface area contributed by atoms with E-state index in [1.807, 2.05) is 0 Å². The molecule has 2 rings (SSSR count). The van der Waals surface area contributed by atoms with Crippen molar-refractivity contribution in [3.8, 4) is 0 Å². The van der Waals surface area contributed by atoms with Gasteiger partial charge in [0.2, 0.25) is 5.82 Å². The zero-order valence-electron chi connectivity index (χ0n) is 7.28. The molecule has 1 N–H and O–H groups in total. The van der Waals surface area contributed by atoms with Gasteiger partial charge in [-0.15, -0.1) is 0 Å². The number of halogens is 2. The summed E-state index contributed by atoms with van der Waals surface area (Å²) in [5.74, 6) is -0.915. The van der Waals surface area contributed by atoms with Crippen LogP contribution in [0.25, 0.3) is 0 Å². The molecule has 5 nitrogen and oxygen atoms in total. The van der Waals surface area contributed by atoms with E-state index in [1.165, 1.54) is 6.34 Å². The number of hydrogen-bond donors (Lipinski definition) is 1. The highest BCUT2D eigenvalue weighted by Crippen LogP contribution is 2.35. The summed E-state index contributed by atoms with van der Waals surface area (Å²) in [4.78, 5) is 13.5. The van der Waals surface area contributed by atoms with Gasteiger partial charge in [0, 0.05) is 17.7 Å². The molecule has 0 fully saturated rings. The van der Waals surface area contributed by atoms with Crippen molar-refractivity contribution in [1.29, 1.82) is 0 Å². The first kappa shape index (κ1) is 9.85. The Balaban J connectivity index is 2.61. The van der Waals surface area contributed by atoms with E-state index in [0.29, 0.717) is 11.3 Å². The van der Waals surface area contributed by atoms with Gasteiger partial charge in [-0.05, 0) is 0 Å². The molecule has 1 aliphatic heterocycles. The number of aliphatic imine (C=N–C) groups is 1. The van der Waals surface area contributed by atoms with Crippen molar-refractivity contribution in [2.75, 3.05) is 0 Å². The van der Waals surface area contributed by atoms with Crippen molar-refractivity contribution in [3.05, 3.63) is 33.6 Å². The smallest absolute Gasteiger partial charge is 0.305 e. The number of nitrogens with zero attached hydrogens (tertiary/aromatic N) is 2. The Morgan fingerprint density at radius 1 is 1.60 bits per heavy atom. The minimum absolute atomic E-state index is 0.303. The third kappa shape index (κ3) is 1.63. The van der Waals surface area contributed by atoms with Gasteiger partial charge < -0.3 is 5.32 Å². The Morgan fingerprint density at radius 2 is 2.33 bits per heavy atom. The van der Waals surface area contributed by atoms with E-state index in [4.69, 9.17) is 11.6 Å². The molecule has 7 heteroatoms. The van der Waals surface area contributed by atoms with Gasteiger partial charge >= 0.3 is 5.69 Å². The maximum absolute atomic E-state index is 13.2. The lowest BCUT2D eigenvalue weighted by Crippen LogP contribution is -2.18. The zero-order valence-corrected chi connectivity index (χ0v) is 8.03. The van der Waals surface area contributed by atoms with E-state index in [1.54, 1.807) is 0 Å². The fourth-order valence-corrected chi connectivity index (χ4v) is 1.52. The normalized spacial score (nSPS) is 18.1. The van der Waals surface area contributed by atoms with Gasteiger partial charge in [0.05, 0.1) is 16.9 Å². The minimum atomic E-state index is -0.915. The summed E-state index contributed by atoms with van der Waals surface area (Å²) in [6.45, 7) is 0. The number of nitro groups is 1. The molecule has 1 aliphatic rings. The molecule has 0 bridgehead atoms. The fourth-order valence-electron chi connectivity index (χ4n) is 1.28. The summed E-state index contributed by atoms with van der Waals surface area (Å²) in [6, 6.07) is 2.09. The first-order valence-corrected chi connectivity index (χ1v) is 4.43. The Labute approximate surface area is 88.7 Å². The second-order valence-electron chi connectivity index (χ2n) is 2.91. The number of benzene rings is 1. The Morgan fingerprint density at radius 3 is 3.00 bits per heavy atom. The highest BCUT2D eigenvalue weighted by Gasteiger charge is 2.23. The standard InChI is InChI=1S/C8H5ClFN3O2/c9-8-4-1-7(13(14)15)5(10)2-6(4)11-3-12-8/h1-3,8H,(H,11,12). The molecule has 1 unspecified atom stereocenters. The molecule has 1 atom stereocenters. The van der Waals surface area contributed by atoms with E-state index in [9.17, 15) is 14.5 Å². The summed E-state index contributed by atoms with van der Waals surface area (Å²) in [5, 5.41) is 13.1. The third-order valence-electron chi connectivity index (χ3n) is 1.99. The molecule has 1 aromatic carbocycles. The molecule has 0 saturated carbocycles. The number of nitro benzene ring substituents is 1. The quantitative estimate of drug-likeness (QED) is 0.348. The van der Waals surface area contributed by atoms with Crippen LogP contribution in [0.4, 0.5) is 15.8 Å². The number of fused-ring (bicyclic) bond motifs is 1. The van der Waals surface area contributed by atoms with Gasteiger partial charge in [0.25, 0.3) is 0 Å². The lowest BCUT2D eigenvalue weighted by atomic mass is 10.1. The molecule has 0 aliphatic carbocycles. The van der Waals surface area contributed by atoms with Crippen molar-refractivity contribution in [2.24, 2.45) is 4.99 Å². The van der Waals surface area contributed by atoms with E-state index < -0.39 is 21.9 Å². The Kier molecular flexibility index (Phi) is 2.28. The maximum atomic E-state index is 13.2. The first-order valence-electron chi connectivity index (χ1n) is 4.00. The van der Waals surface area contributed by atoms with Gasteiger partial charge in [-0.25, -0.2) is 4.99 Å². The lowest BCUT2D eigenvalue weighted by molar-refractivity contribution is -0.387. The van der Waals surface area contributed by atoms with Gasteiger partial charge in [0.1, 0.15) is 5.50 Å². The second kappa shape index (κ2) is 3.47. The van der Waals surface area contributed by atoms with Crippen LogP contribution in [0, 0.1) is 15.9 Å². The van der Waals surface area contributed by atoms with Gasteiger partial charge in [0.15, 0.2) is 0 Å². The molecule has 0 aromatic heterocycles. The Hall–Kier alpha value is -1.69. The van der Waals surface area contributed by atoms with Crippen LogP contribution < -0.4 is 5.32 Å². The molecular formula is C8H5ClFN3O2. The van der Waals surface area contributed by atoms with Crippen molar-refractivity contribution in [3.63, 3.8) is 0 Å². The molecule has 0 saturated heterocycles. The SMILES string of the molecule is O=[N+]([O-])c1cc2c(cc1F)N=CNC2Cl. The van der Waals surface area contributed by atoms with Crippen molar-refractivity contribution in [2.45, 2.75) is 5.50 Å². The van der Waals surface area contributed by atoms with Crippen molar-refractivity contribution >= 4 is 29.3 Å². The lowest BCUT2D eigenvalue weighted by Gasteiger charge is -2.16. The Bertz CT molecular complexity index is 463. The summed E-state index contributed by atoms with van der Waals surface area (Å²) in [6.07, 6.45) is 1.32. The number of nitrogens with one attached hydrogen (secondary N) is 1. The van der Waals surface area contributed by atoms with Crippen LogP contribution in [0.5, 0.6) is 0 Å². The van der Waals surface area contributed by atoms with Crippen molar-refractivity contribution < 1.29 is 9.31 Å². The van der Waals surface area contributed by atoms with Crippen LogP contribution in [0.15, 0.2) is 17.1 Å². The van der Waals surface area contributed by atoms with Gasteiger partial charge in [-0.1, -0.05) is 11.6 Å². The average molecular weight is 230 g/mol. The fraction of sp³-hybridized carbons (Fsp3) is 0.125. The van der Waals surface area contributed by atoms with Crippen LogP contribution in [0.1, 0.15) is 11.1 Å². The summed E-state index contributed by atoms with van der Waals surface area (Å²) < 4.78 is 13.2. The first-order chi connectivity index (χ1) is 7.09. The van der Waals surface area contributed by atoms with Gasteiger partial charge in [-0.2, -0.15) is 4.39 Å². The van der Waals surface area contributed by atoms with Crippen LogP contribution >= 0.6 is 11.6 Å². The minimum Gasteiger partial charge on any atom is -0.356 e. The summed E-state index contributed by atoms with van der Waals surface area (Å²) >= 11 is 5.83. The van der Waals surface area contributed by atoms with Crippen LogP contribution in [0.3, 0.4) is 0 Å². The number of rotatable bonds is 1. The molecule has 0 spiro atoms. The van der Waals surface area contributed by atoms with Crippen LogP contribution in [-0.2, 0) is 0 Å². The molecular weight excluding hydrogens is 225 g/mol. The second-order valence-corrected chi connectivity index (χ2v) is 3.34. The highest BCUT2D eigenvalue weighted by molar-refractivity contribution is 6.21. The number of hydrogen-bond acceptors (Lipinski definition) is 4. The van der Waals surface area contributed by atoms with Crippen LogP contribution in [-0.4, -0.2) is 11.3 Å². The predicted molar refractivity (Wildman–Crippen MR) is 52.9 cm³/mol. The van der Waals surface area contributed by atoms with Gasteiger partial charge in [-0.3, -0.25) is 10.1 Å². The highest BCUT2D eigenvalue weighted by atomic mass is 35.5. The molecule has 1 aromatic rings. The number of alkyl halides is 1. The summed E-state index contributed by atoms with van der Waals surface area (Å²) in [5.41, 5.74) is -0.529. The molecule has 15 heavy (non-hydrogen) atoms. The van der Waals surface area contributed by atoms with E-state index in [0.717, 1.165) is 12.1 Å². The van der Waals surface area contributed by atoms with Crippen LogP contribution in [0.2, 0.25) is 0 Å². The topological polar surface area (TPSA) is 67.5 Å². The summed E-state index contributed by atoms with van der Waals surface area (Å²) in [7, 11) is 0. The molecule has 78 valence electrons. The average Bonchev–Trinajstić information content (AvgIpc) is 2.16. The molecule has 0 amide bonds. The largest absolute Gasteiger partial charge is 0.356 e. The van der Waals surface area contributed by atoms with E-state index in [-0.39, 0.29) is 0 Å². The zero-order chi connectivity index (χ0) is 11.0. The molecule has 0 radical (unpaired) electrons. The van der Waals surface area contributed by atoms with E-state index in [2.05, 4.69) is 10.3 Å². The predicted octanol–water partition coefficient (Wildman–Crippen LogP) is 2.23. The van der Waals surface area contributed by atoms with Crippen molar-refractivity contribution in [1.82, 2.24) is 5.32 Å². The maximum Gasteiger partial charge on any atom is 0.305 e. The molecule has 1 heterocycles. The monoisotopic (exact) mass is 229 g/mol. The van der Waals surface area contributed by atoms with E-state index >= 15 is 0 Å².